The van der Waals surface area contributed by atoms with E-state index in [4.69, 9.17) is 9.47 Å². The number of hydrogen-bond donors (Lipinski definition) is 2. The highest BCUT2D eigenvalue weighted by Gasteiger charge is 2.14. The Hall–Kier alpha value is -1.65. The first kappa shape index (κ1) is 25.6. The second-order valence-electron chi connectivity index (χ2n) is 7.61. The Bertz CT molecular complexity index is 776. The number of para-hydroxylation sites is 1. The molecule has 2 heterocycles. The van der Waals surface area contributed by atoms with Gasteiger partial charge in [0.1, 0.15) is 0 Å². The van der Waals surface area contributed by atoms with Gasteiger partial charge in [0, 0.05) is 39.5 Å². The zero-order chi connectivity index (χ0) is 21.0. The molecule has 0 radical (unpaired) electrons. The predicted octanol–water partition coefficient (Wildman–Crippen LogP) is 3.48. The summed E-state index contributed by atoms with van der Waals surface area (Å²) in [5, 5.41) is 11.4. The Balaban J connectivity index is 0.00000341. The molecule has 1 saturated heterocycles. The molecule has 1 aromatic heterocycles. The van der Waals surface area contributed by atoms with Crippen molar-refractivity contribution in [1.82, 2.24) is 20.4 Å². The summed E-state index contributed by atoms with van der Waals surface area (Å²) in [7, 11) is 1.80. The normalized spacial score (nSPS) is 16.2. The molecule has 2 N–H and O–H groups in total. The van der Waals surface area contributed by atoms with Gasteiger partial charge >= 0.3 is 0 Å². The number of halogens is 1. The van der Waals surface area contributed by atoms with E-state index in [9.17, 15) is 0 Å². The lowest BCUT2D eigenvalue weighted by atomic mass is 10.1. The molecule has 31 heavy (non-hydrogen) atoms. The van der Waals surface area contributed by atoms with Crippen LogP contribution in [0.5, 0.6) is 0 Å². The molecule has 0 bridgehead atoms. The van der Waals surface area contributed by atoms with Gasteiger partial charge in [-0.2, -0.15) is 5.10 Å². The quantitative estimate of drug-likeness (QED) is 0.197. The van der Waals surface area contributed by atoms with Gasteiger partial charge in [-0.1, -0.05) is 18.2 Å². The van der Waals surface area contributed by atoms with Crippen LogP contribution in [0.4, 0.5) is 0 Å². The van der Waals surface area contributed by atoms with Crippen LogP contribution in [-0.2, 0) is 15.9 Å². The Kier molecular flexibility index (Phi) is 11.9. The summed E-state index contributed by atoms with van der Waals surface area (Å²) in [6.45, 7) is 6.12. The van der Waals surface area contributed by atoms with Crippen molar-refractivity contribution in [2.24, 2.45) is 4.99 Å². The number of nitrogens with one attached hydrogen (secondary N) is 2. The molecule has 1 fully saturated rings. The Labute approximate surface area is 203 Å². The first-order valence-electron chi connectivity index (χ1n) is 11.0. The van der Waals surface area contributed by atoms with Crippen LogP contribution >= 0.6 is 24.0 Å². The largest absolute Gasteiger partial charge is 0.379 e. The molecule has 0 saturated carbocycles. The van der Waals surface area contributed by atoms with Gasteiger partial charge in [0.25, 0.3) is 0 Å². The summed E-state index contributed by atoms with van der Waals surface area (Å²) in [5.41, 5.74) is 3.46. The zero-order valence-corrected chi connectivity index (χ0v) is 21.0. The number of nitrogens with zero attached hydrogens (tertiary/aromatic N) is 3. The van der Waals surface area contributed by atoms with Crippen molar-refractivity contribution in [3.63, 3.8) is 0 Å². The monoisotopic (exact) mass is 541 g/mol. The lowest BCUT2D eigenvalue weighted by Gasteiger charge is -2.13. The average molecular weight is 541 g/mol. The second kappa shape index (κ2) is 14.4. The van der Waals surface area contributed by atoms with Gasteiger partial charge < -0.3 is 20.1 Å². The topological polar surface area (TPSA) is 72.7 Å². The van der Waals surface area contributed by atoms with E-state index in [2.05, 4.69) is 46.0 Å². The highest BCUT2D eigenvalue weighted by Crippen LogP contribution is 2.13. The fourth-order valence-corrected chi connectivity index (χ4v) is 3.53. The number of benzene rings is 1. The van der Waals surface area contributed by atoms with E-state index in [0.717, 1.165) is 75.7 Å². The minimum Gasteiger partial charge on any atom is -0.379 e. The van der Waals surface area contributed by atoms with Gasteiger partial charge in [-0.25, -0.2) is 4.68 Å². The second-order valence-corrected chi connectivity index (χ2v) is 7.61. The number of aryl methyl sites for hydroxylation is 2. The third kappa shape index (κ3) is 8.78. The van der Waals surface area contributed by atoms with Gasteiger partial charge in [-0.3, -0.25) is 4.99 Å². The van der Waals surface area contributed by atoms with Crippen LogP contribution in [0.2, 0.25) is 0 Å². The molecule has 7 nitrogen and oxygen atoms in total. The van der Waals surface area contributed by atoms with Crippen LogP contribution in [-0.4, -0.2) is 61.8 Å². The molecule has 8 heteroatoms. The molecule has 0 aliphatic carbocycles. The number of rotatable bonds is 11. The maximum Gasteiger partial charge on any atom is 0.190 e. The van der Waals surface area contributed by atoms with Gasteiger partial charge in [-0.15, -0.1) is 24.0 Å². The summed E-state index contributed by atoms with van der Waals surface area (Å²) in [4.78, 5) is 4.29. The van der Waals surface area contributed by atoms with E-state index >= 15 is 0 Å². The molecule has 0 amide bonds. The maximum absolute atomic E-state index is 5.69. The predicted molar refractivity (Wildman–Crippen MR) is 136 cm³/mol. The summed E-state index contributed by atoms with van der Waals surface area (Å²) in [6.07, 6.45) is 7.68. The summed E-state index contributed by atoms with van der Waals surface area (Å²) >= 11 is 0. The molecule has 1 aliphatic rings. The highest BCUT2D eigenvalue weighted by atomic mass is 127. The highest BCUT2D eigenvalue weighted by molar-refractivity contribution is 14.0. The SMILES string of the molecule is CN=C(NCCCOCC1CCCO1)NCCCc1cn(-c2ccccc2)nc1C.I. The molecule has 0 spiro atoms. The minimum absolute atomic E-state index is 0. The fraction of sp³-hybridized carbons (Fsp3) is 0.565. The molecule has 1 atom stereocenters. The van der Waals surface area contributed by atoms with Crippen LogP contribution in [0.1, 0.15) is 36.9 Å². The first-order valence-corrected chi connectivity index (χ1v) is 11.0. The number of hydrogen-bond acceptors (Lipinski definition) is 4. The van der Waals surface area contributed by atoms with E-state index in [1.54, 1.807) is 7.05 Å². The van der Waals surface area contributed by atoms with Gasteiger partial charge in [0.05, 0.1) is 24.1 Å². The third-order valence-electron chi connectivity index (χ3n) is 5.25. The molecule has 1 aliphatic heterocycles. The Morgan fingerprint density at radius 1 is 1.23 bits per heavy atom. The van der Waals surface area contributed by atoms with Crippen molar-refractivity contribution < 1.29 is 9.47 Å². The van der Waals surface area contributed by atoms with Crippen molar-refractivity contribution in [3.05, 3.63) is 47.8 Å². The van der Waals surface area contributed by atoms with Crippen LogP contribution in [0.3, 0.4) is 0 Å². The van der Waals surface area contributed by atoms with Crippen molar-refractivity contribution >= 4 is 29.9 Å². The summed E-state index contributed by atoms with van der Waals surface area (Å²) < 4.78 is 13.2. The van der Waals surface area contributed by atoms with E-state index < -0.39 is 0 Å². The van der Waals surface area contributed by atoms with Crippen molar-refractivity contribution in [2.75, 3.05) is 40.0 Å². The van der Waals surface area contributed by atoms with Crippen molar-refractivity contribution in [1.29, 1.82) is 0 Å². The third-order valence-corrected chi connectivity index (χ3v) is 5.25. The van der Waals surface area contributed by atoms with Gasteiger partial charge in [0.2, 0.25) is 0 Å². The summed E-state index contributed by atoms with van der Waals surface area (Å²) in [6, 6.07) is 10.2. The first-order chi connectivity index (χ1) is 14.8. The van der Waals surface area contributed by atoms with E-state index in [0.29, 0.717) is 12.7 Å². The molecule has 1 unspecified atom stereocenters. The number of aromatic nitrogens is 2. The lowest BCUT2D eigenvalue weighted by molar-refractivity contribution is 0.0168. The molecular formula is C23H36IN5O2. The average Bonchev–Trinajstić information content (AvgIpc) is 3.42. The number of ether oxygens (including phenoxy) is 2. The molecule has 1 aromatic carbocycles. The number of aliphatic imine (C=N–C) groups is 1. The zero-order valence-electron chi connectivity index (χ0n) is 18.7. The fourth-order valence-electron chi connectivity index (χ4n) is 3.53. The van der Waals surface area contributed by atoms with E-state index in [1.165, 1.54) is 5.56 Å². The van der Waals surface area contributed by atoms with Gasteiger partial charge in [-0.05, 0) is 56.7 Å². The van der Waals surface area contributed by atoms with Crippen LogP contribution in [0.15, 0.2) is 41.5 Å². The van der Waals surface area contributed by atoms with E-state index in [1.807, 2.05) is 22.9 Å². The number of guanidine groups is 1. The molecular weight excluding hydrogens is 505 g/mol. The van der Waals surface area contributed by atoms with Crippen LogP contribution in [0.25, 0.3) is 5.69 Å². The smallest absolute Gasteiger partial charge is 0.190 e. The molecule has 2 aromatic rings. The van der Waals surface area contributed by atoms with E-state index in [-0.39, 0.29) is 24.0 Å². The Morgan fingerprint density at radius 2 is 2.00 bits per heavy atom. The lowest BCUT2D eigenvalue weighted by Crippen LogP contribution is -2.38. The van der Waals surface area contributed by atoms with Crippen LogP contribution in [0, 0.1) is 6.92 Å². The Morgan fingerprint density at radius 3 is 2.71 bits per heavy atom. The van der Waals surface area contributed by atoms with Gasteiger partial charge in [0.15, 0.2) is 5.96 Å². The van der Waals surface area contributed by atoms with Crippen molar-refractivity contribution in [3.8, 4) is 5.69 Å². The maximum atomic E-state index is 5.69. The molecule has 3 rings (SSSR count). The van der Waals surface area contributed by atoms with Crippen LogP contribution < -0.4 is 10.6 Å². The standard InChI is InChI=1S/C23H35N5O2.HI/c1-19-20(17-28(27-19)21-10-4-3-5-11-21)9-6-13-25-23(24-2)26-14-8-15-29-18-22-12-7-16-30-22;/h3-5,10-11,17,22H,6-9,12-16,18H2,1-2H3,(H2,24,25,26);1H. The van der Waals surface area contributed by atoms with Crippen molar-refractivity contribution in [2.45, 2.75) is 45.1 Å². The minimum atomic E-state index is 0. The molecule has 172 valence electrons. The summed E-state index contributed by atoms with van der Waals surface area (Å²) in [5.74, 6) is 0.839.